The van der Waals surface area contributed by atoms with Crippen molar-refractivity contribution < 1.29 is 10.9 Å². The highest BCUT2D eigenvalue weighted by molar-refractivity contribution is 14.1. The lowest BCUT2D eigenvalue weighted by molar-refractivity contribution is 0.537. The van der Waals surface area contributed by atoms with Gasteiger partial charge in [0.25, 0.3) is 0 Å². The number of hydrogen-bond donors (Lipinski definition) is 0. The molecule has 6 heteroatoms. The van der Waals surface area contributed by atoms with Crippen LogP contribution in [0.4, 0.5) is 0 Å². The number of halogens is 2. The SMILES string of the molecule is O=S(=O)(OI)c1c(I)ccc2cc3ccccc3cc12. The second-order valence-electron chi connectivity index (χ2n) is 4.31. The fraction of sp³-hybridized carbons (Fsp3) is 0. The van der Waals surface area contributed by atoms with Crippen molar-refractivity contribution in [2.24, 2.45) is 0 Å². The molecule has 0 saturated heterocycles. The molecule has 0 N–H and O–H groups in total. The number of fused-ring (bicyclic) bond motifs is 2. The van der Waals surface area contributed by atoms with Crippen molar-refractivity contribution in [3.8, 4) is 0 Å². The molecule has 0 heterocycles. The molecule has 0 aliphatic heterocycles. The summed E-state index contributed by atoms with van der Waals surface area (Å²) in [5, 5.41) is 3.66. The van der Waals surface area contributed by atoms with E-state index in [0.717, 1.165) is 16.2 Å². The Morgan fingerprint density at radius 3 is 2.20 bits per heavy atom. The molecule has 0 unspecified atom stereocenters. The zero-order chi connectivity index (χ0) is 14.3. The summed E-state index contributed by atoms with van der Waals surface area (Å²) in [6.45, 7) is 0. The van der Waals surface area contributed by atoms with Crippen molar-refractivity contribution in [1.82, 2.24) is 0 Å². The Morgan fingerprint density at radius 1 is 0.900 bits per heavy atom. The molecule has 0 aliphatic rings. The Balaban J connectivity index is 2.50. The molecular weight excluding hydrogens is 502 g/mol. The fourth-order valence-corrected chi connectivity index (χ4v) is 4.88. The molecule has 0 atom stereocenters. The summed E-state index contributed by atoms with van der Waals surface area (Å²) < 4.78 is 29.6. The van der Waals surface area contributed by atoms with Crippen molar-refractivity contribution in [1.29, 1.82) is 0 Å². The van der Waals surface area contributed by atoms with Gasteiger partial charge in [-0.25, -0.2) is 0 Å². The highest BCUT2D eigenvalue weighted by atomic mass is 127. The van der Waals surface area contributed by atoms with Gasteiger partial charge in [-0.15, -0.1) is 0 Å². The first kappa shape index (κ1) is 14.5. The lowest BCUT2D eigenvalue weighted by Crippen LogP contribution is -2.03. The summed E-state index contributed by atoms with van der Waals surface area (Å²) in [6, 6.07) is 15.5. The van der Waals surface area contributed by atoms with Crippen molar-refractivity contribution in [3.05, 3.63) is 52.1 Å². The van der Waals surface area contributed by atoms with Crippen LogP contribution in [0.3, 0.4) is 0 Å². The fourth-order valence-electron chi connectivity index (χ4n) is 2.25. The first-order chi connectivity index (χ1) is 9.53. The third-order valence-electron chi connectivity index (χ3n) is 3.12. The van der Waals surface area contributed by atoms with Crippen LogP contribution in [0.15, 0.2) is 53.4 Å². The second kappa shape index (κ2) is 5.39. The quantitative estimate of drug-likeness (QED) is 0.373. The number of benzene rings is 3. The maximum absolute atomic E-state index is 12.1. The Labute approximate surface area is 144 Å². The van der Waals surface area contributed by atoms with Gasteiger partial charge < -0.3 is 0 Å². The summed E-state index contributed by atoms with van der Waals surface area (Å²) >= 11 is 3.43. The van der Waals surface area contributed by atoms with Gasteiger partial charge in [-0.3, -0.25) is 0 Å². The zero-order valence-corrected chi connectivity index (χ0v) is 15.1. The van der Waals surface area contributed by atoms with Crippen LogP contribution in [-0.4, -0.2) is 8.42 Å². The van der Waals surface area contributed by atoms with Crippen molar-refractivity contribution >= 4 is 77.3 Å². The molecule has 3 rings (SSSR count). The van der Waals surface area contributed by atoms with Crippen molar-refractivity contribution in [2.75, 3.05) is 0 Å². The van der Waals surface area contributed by atoms with Gasteiger partial charge in [0.15, 0.2) is 0 Å². The van der Waals surface area contributed by atoms with E-state index in [1.54, 1.807) is 6.07 Å². The molecule has 102 valence electrons. The van der Waals surface area contributed by atoms with Gasteiger partial charge in [-0.1, -0.05) is 30.3 Å². The summed E-state index contributed by atoms with van der Waals surface area (Å²) in [5.74, 6) is 0. The molecule has 3 aromatic carbocycles. The third kappa shape index (κ3) is 2.42. The molecule has 0 amide bonds. The smallest absolute Gasteiger partial charge is 0.195 e. The van der Waals surface area contributed by atoms with Crippen molar-refractivity contribution in [2.45, 2.75) is 4.90 Å². The second-order valence-corrected chi connectivity index (χ2v) is 8.00. The first-order valence-electron chi connectivity index (χ1n) is 5.69. The van der Waals surface area contributed by atoms with E-state index in [9.17, 15) is 8.42 Å². The highest BCUT2D eigenvalue weighted by Crippen LogP contribution is 2.32. The van der Waals surface area contributed by atoms with E-state index in [0.29, 0.717) is 8.96 Å². The van der Waals surface area contributed by atoms with Gasteiger partial charge in [0.05, 0.1) is 0 Å². The highest BCUT2D eigenvalue weighted by Gasteiger charge is 2.21. The van der Waals surface area contributed by atoms with Crippen LogP contribution < -0.4 is 0 Å². The topological polar surface area (TPSA) is 43.4 Å². The van der Waals surface area contributed by atoms with Gasteiger partial charge in [-0.2, -0.15) is 10.9 Å². The molecule has 0 aliphatic carbocycles. The van der Waals surface area contributed by atoms with Gasteiger partial charge in [0, 0.05) is 8.96 Å². The zero-order valence-electron chi connectivity index (χ0n) is 10.0. The van der Waals surface area contributed by atoms with Crippen LogP contribution in [0.2, 0.25) is 0 Å². The van der Waals surface area contributed by atoms with E-state index < -0.39 is 10.1 Å². The Kier molecular flexibility index (Phi) is 3.91. The van der Waals surface area contributed by atoms with Gasteiger partial charge in [-0.05, 0) is 56.9 Å². The summed E-state index contributed by atoms with van der Waals surface area (Å²) in [5.41, 5.74) is 0. The number of rotatable bonds is 2. The predicted octanol–water partition coefficient (Wildman–Crippen LogP) is 4.65. The molecule has 0 fully saturated rings. The Bertz CT molecular complexity index is 920. The van der Waals surface area contributed by atoms with E-state index in [-0.39, 0.29) is 4.90 Å². The molecule has 3 aromatic rings. The maximum Gasteiger partial charge on any atom is 0.307 e. The van der Waals surface area contributed by atoms with Crippen LogP contribution in [0.25, 0.3) is 21.5 Å². The van der Waals surface area contributed by atoms with E-state index in [2.05, 4.69) is 2.51 Å². The lowest BCUT2D eigenvalue weighted by atomic mass is 10.0. The van der Waals surface area contributed by atoms with Crippen LogP contribution in [0, 0.1) is 3.57 Å². The standard InChI is InChI=1S/C14H8I2O3S/c15-13-6-5-11-7-9-3-1-2-4-10(9)8-12(11)14(13)20(17,18)19-16/h1-8H. The molecule has 0 spiro atoms. The van der Waals surface area contributed by atoms with Gasteiger partial charge in [0.2, 0.25) is 0 Å². The van der Waals surface area contributed by atoms with Crippen LogP contribution in [0.1, 0.15) is 0 Å². The summed E-state index contributed by atoms with van der Waals surface area (Å²) in [6.07, 6.45) is 0. The Morgan fingerprint density at radius 2 is 1.55 bits per heavy atom. The average Bonchev–Trinajstić information content (AvgIpc) is 2.44. The predicted molar refractivity (Wildman–Crippen MR) is 96.5 cm³/mol. The molecule has 20 heavy (non-hydrogen) atoms. The van der Waals surface area contributed by atoms with Gasteiger partial charge >= 0.3 is 10.1 Å². The summed E-state index contributed by atoms with van der Waals surface area (Å²) in [4.78, 5) is 0.232. The molecular formula is C14H8I2O3S. The molecule has 0 radical (unpaired) electrons. The largest absolute Gasteiger partial charge is 0.307 e. The lowest BCUT2D eigenvalue weighted by Gasteiger charge is -2.09. The Hall–Kier alpha value is -0.450. The molecule has 0 saturated carbocycles. The third-order valence-corrected chi connectivity index (χ3v) is 6.91. The van der Waals surface area contributed by atoms with E-state index in [1.165, 1.54) is 23.0 Å². The minimum atomic E-state index is -3.74. The molecule has 0 bridgehead atoms. The van der Waals surface area contributed by atoms with Crippen LogP contribution in [-0.2, 0) is 12.6 Å². The van der Waals surface area contributed by atoms with Crippen LogP contribution >= 0.6 is 45.6 Å². The molecule has 3 nitrogen and oxygen atoms in total. The normalized spacial score (nSPS) is 12.1. The van der Waals surface area contributed by atoms with Crippen molar-refractivity contribution in [3.63, 3.8) is 0 Å². The average molecular weight is 510 g/mol. The number of hydrogen-bond acceptors (Lipinski definition) is 3. The van der Waals surface area contributed by atoms with E-state index in [4.69, 9.17) is 0 Å². The summed E-state index contributed by atoms with van der Waals surface area (Å²) in [7, 11) is -3.74. The van der Waals surface area contributed by atoms with E-state index in [1.807, 2.05) is 65.1 Å². The maximum atomic E-state index is 12.1. The molecule has 0 aromatic heterocycles. The minimum absolute atomic E-state index is 0.232. The van der Waals surface area contributed by atoms with E-state index >= 15 is 0 Å². The van der Waals surface area contributed by atoms with Crippen LogP contribution in [0.5, 0.6) is 0 Å². The minimum Gasteiger partial charge on any atom is -0.195 e. The monoisotopic (exact) mass is 510 g/mol. The first-order valence-corrected chi connectivity index (χ1v) is 9.06. The van der Waals surface area contributed by atoms with Gasteiger partial charge in [0.1, 0.15) is 27.9 Å².